The second-order valence-corrected chi connectivity index (χ2v) is 8.00. The van der Waals surface area contributed by atoms with Gasteiger partial charge in [-0.05, 0) is 33.6 Å². The number of hydrogen-bond acceptors (Lipinski definition) is 5. The maximum atomic E-state index is 11.0. The van der Waals surface area contributed by atoms with Gasteiger partial charge in [0.25, 0.3) is 0 Å². The van der Waals surface area contributed by atoms with Gasteiger partial charge >= 0.3 is 5.97 Å². The van der Waals surface area contributed by atoms with Crippen molar-refractivity contribution in [2.45, 2.75) is 51.8 Å². The smallest absolute Gasteiger partial charge is 0.322 e. The number of piperidine rings is 1. The van der Waals surface area contributed by atoms with E-state index in [4.69, 9.17) is 16.2 Å². The van der Waals surface area contributed by atoms with Crippen LogP contribution in [0, 0.1) is 5.41 Å². The van der Waals surface area contributed by atoms with Gasteiger partial charge in [0.1, 0.15) is 4.32 Å². The van der Waals surface area contributed by atoms with Gasteiger partial charge in [-0.3, -0.25) is 9.59 Å². The highest BCUT2D eigenvalue weighted by Gasteiger charge is 2.29. The topological polar surface area (TPSA) is 107 Å². The molecule has 1 aliphatic heterocycles. The van der Waals surface area contributed by atoms with Crippen molar-refractivity contribution in [3.05, 3.63) is 0 Å². The molecule has 7 heteroatoms. The van der Waals surface area contributed by atoms with E-state index in [1.807, 2.05) is 13.8 Å². The summed E-state index contributed by atoms with van der Waals surface area (Å²) >= 11 is 3.17. The van der Waals surface area contributed by atoms with Crippen molar-refractivity contribution in [2.75, 3.05) is 26.2 Å². The highest BCUT2D eigenvalue weighted by molar-refractivity contribution is 9.10. The van der Waals surface area contributed by atoms with Crippen LogP contribution in [-0.4, -0.2) is 42.4 Å². The van der Waals surface area contributed by atoms with Crippen molar-refractivity contribution in [2.24, 2.45) is 16.9 Å². The summed E-state index contributed by atoms with van der Waals surface area (Å²) in [6.45, 7) is 11.8. The van der Waals surface area contributed by atoms with Crippen molar-refractivity contribution in [3.63, 3.8) is 0 Å². The fourth-order valence-corrected chi connectivity index (χ4v) is 1.50. The lowest BCUT2D eigenvalue weighted by Gasteiger charge is -2.27. The molecule has 0 aliphatic carbocycles. The number of rotatable bonds is 3. The molecule has 132 valence electrons. The van der Waals surface area contributed by atoms with Crippen molar-refractivity contribution in [1.82, 2.24) is 5.32 Å². The number of ether oxygens (including phenoxy) is 1. The van der Waals surface area contributed by atoms with Gasteiger partial charge in [0.15, 0.2) is 0 Å². The second kappa shape index (κ2) is 11.8. The number of hydrogen-bond donors (Lipinski definition) is 3. The van der Waals surface area contributed by atoms with Crippen molar-refractivity contribution >= 4 is 27.8 Å². The molecule has 0 aromatic rings. The Labute approximate surface area is 142 Å². The summed E-state index contributed by atoms with van der Waals surface area (Å²) < 4.78 is 4.18. The van der Waals surface area contributed by atoms with Crippen LogP contribution in [-0.2, 0) is 14.3 Å². The lowest BCUT2D eigenvalue weighted by Crippen LogP contribution is -2.42. The van der Waals surface area contributed by atoms with E-state index in [-0.39, 0.29) is 17.3 Å². The van der Waals surface area contributed by atoms with Gasteiger partial charge in [0.2, 0.25) is 5.91 Å². The average Bonchev–Trinajstić information content (AvgIpc) is 2.42. The second-order valence-electron chi connectivity index (χ2n) is 6.01. The summed E-state index contributed by atoms with van der Waals surface area (Å²) in [6.07, 6.45) is 2.15. The van der Waals surface area contributed by atoms with E-state index < -0.39 is 4.32 Å². The van der Waals surface area contributed by atoms with Crippen molar-refractivity contribution < 1.29 is 14.3 Å². The Morgan fingerprint density at radius 2 is 1.86 bits per heavy atom. The van der Waals surface area contributed by atoms with E-state index in [0.29, 0.717) is 19.7 Å². The van der Waals surface area contributed by atoms with E-state index in [0.717, 1.165) is 19.4 Å². The molecule has 0 unspecified atom stereocenters. The summed E-state index contributed by atoms with van der Waals surface area (Å²) in [5.41, 5.74) is 9.69. The molecule has 0 aromatic carbocycles. The van der Waals surface area contributed by atoms with Gasteiger partial charge in [0.05, 0.1) is 6.61 Å². The molecule has 0 atom stereocenters. The Hall–Kier alpha value is -0.660. The summed E-state index contributed by atoms with van der Waals surface area (Å²) in [5.74, 6) is -0.0150. The van der Waals surface area contributed by atoms with E-state index in [2.05, 4.69) is 21.2 Å². The van der Waals surface area contributed by atoms with Crippen LogP contribution in [0.5, 0.6) is 0 Å². The number of alkyl halides is 1. The minimum Gasteiger partial charge on any atom is -0.465 e. The van der Waals surface area contributed by atoms with Crippen LogP contribution >= 0.6 is 15.9 Å². The summed E-state index contributed by atoms with van der Waals surface area (Å²) in [6, 6.07) is 0. The van der Waals surface area contributed by atoms with Crippen LogP contribution in [0.2, 0.25) is 0 Å². The monoisotopic (exact) mass is 381 g/mol. The Morgan fingerprint density at radius 1 is 1.36 bits per heavy atom. The van der Waals surface area contributed by atoms with Gasteiger partial charge in [-0.25, -0.2) is 0 Å². The van der Waals surface area contributed by atoms with Crippen LogP contribution < -0.4 is 16.8 Å². The van der Waals surface area contributed by atoms with E-state index >= 15 is 0 Å². The molecule has 1 aliphatic rings. The molecule has 1 heterocycles. The molecule has 0 radical (unpaired) electrons. The fourth-order valence-electron chi connectivity index (χ4n) is 1.39. The largest absolute Gasteiger partial charge is 0.465 e. The number of carbonyl (C=O) groups is 2. The molecule has 22 heavy (non-hydrogen) atoms. The maximum Gasteiger partial charge on any atom is 0.322 e. The Kier molecular flexibility index (Phi) is 12.7. The Bertz CT molecular complexity index is 320. The molecule has 1 amide bonds. The summed E-state index contributed by atoms with van der Waals surface area (Å²) in [7, 11) is 0. The minimum atomic E-state index is -0.539. The molecule has 6 nitrogen and oxygen atoms in total. The molecule has 0 spiro atoms. The number of carbonyl (C=O) groups excluding carboxylic acids is 2. The molecule has 5 N–H and O–H groups in total. The number of halogens is 1. The normalized spacial score (nSPS) is 16.3. The van der Waals surface area contributed by atoms with Crippen LogP contribution in [0.1, 0.15) is 47.5 Å². The highest BCUT2D eigenvalue weighted by atomic mass is 79.9. The zero-order valence-electron chi connectivity index (χ0n) is 14.5. The average molecular weight is 382 g/mol. The third kappa shape index (κ3) is 11.9. The lowest BCUT2D eigenvalue weighted by molar-refractivity contribution is -0.144. The molecular formula is C15H32BrN3O3. The maximum absolute atomic E-state index is 11.0. The van der Waals surface area contributed by atoms with Gasteiger partial charge in [-0.2, -0.15) is 0 Å². The molecule has 1 rings (SSSR count). The van der Waals surface area contributed by atoms with E-state index in [9.17, 15) is 9.59 Å². The van der Waals surface area contributed by atoms with Crippen LogP contribution in [0.3, 0.4) is 0 Å². The van der Waals surface area contributed by atoms with Crippen molar-refractivity contribution in [1.29, 1.82) is 0 Å². The molecular weight excluding hydrogens is 350 g/mol. The standard InChI is InChI=1S/C7H13NO.C6H11BrO2.C2H8N2/c1-7(2)4-3-5-8-6(7)9;1-4-9-5(8)6(2,3)7;3-1-2-4/h3-5H2,1-2H3,(H,8,9);4H2,1-3H3;1-4H2. The molecule has 1 fully saturated rings. The Morgan fingerprint density at radius 3 is 2.05 bits per heavy atom. The first kappa shape index (κ1) is 23.6. The van der Waals surface area contributed by atoms with Gasteiger partial charge in [-0.1, -0.05) is 29.8 Å². The van der Waals surface area contributed by atoms with E-state index in [1.165, 1.54) is 0 Å². The Balaban J connectivity index is 0. The summed E-state index contributed by atoms with van der Waals surface area (Å²) in [5, 5.41) is 2.83. The number of nitrogens with two attached hydrogens (primary N) is 2. The quantitative estimate of drug-likeness (QED) is 0.507. The third-order valence-corrected chi connectivity index (χ3v) is 3.13. The first-order valence-electron chi connectivity index (χ1n) is 7.57. The number of amides is 1. The van der Waals surface area contributed by atoms with Crippen LogP contribution in [0.15, 0.2) is 0 Å². The summed E-state index contributed by atoms with van der Waals surface area (Å²) in [4.78, 5) is 21.8. The number of esters is 1. The zero-order valence-corrected chi connectivity index (χ0v) is 16.1. The molecule has 1 saturated heterocycles. The third-order valence-electron chi connectivity index (χ3n) is 2.81. The molecule has 0 bridgehead atoms. The fraction of sp³-hybridized carbons (Fsp3) is 0.867. The predicted molar refractivity (Wildman–Crippen MR) is 93.8 cm³/mol. The van der Waals surface area contributed by atoms with Crippen LogP contribution in [0.4, 0.5) is 0 Å². The first-order valence-corrected chi connectivity index (χ1v) is 8.36. The predicted octanol–water partition coefficient (Wildman–Crippen LogP) is 1.55. The lowest BCUT2D eigenvalue weighted by atomic mass is 9.84. The van der Waals surface area contributed by atoms with Gasteiger partial charge < -0.3 is 21.5 Å². The highest BCUT2D eigenvalue weighted by Crippen LogP contribution is 2.24. The van der Waals surface area contributed by atoms with Gasteiger partial charge in [-0.15, -0.1) is 0 Å². The molecule has 0 aromatic heterocycles. The van der Waals surface area contributed by atoms with Gasteiger partial charge in [0, 0.05) is 25.0 Å². The van der Waals surface area contributed by atoms with Crippen LogP contribution in [0.25, 0.3) is 0 Å². The van der Waals surface area contributed by atoms with Crippen molar-refractivity contribution in [3.8, 4) is 0 Å². The number of nitrogens with one attached hydrogen (secondary N) is 1. The first-order chi connectivity index (χ1) is 10.0. The molecule has 0 saturated carbocycles. The zero-order chi connectivity index (χ0) is 17.8. The van der Waals surface area contributed by atoms with E-state index in [1.54, 1.807) is 20.8 Å². The minimum absolute atomic E-state index is 0.113. The SMILES string of the molecule is CC1(C)CCCNC1=O.CCOC(=O)C(C)(C)Br.NCCN.